The van der Waals surface area contributed by atoms with Crippen molar-refractivity contribution in [1.82, 2.24) is 0 Å². The van der Waals surface area contributed by atoms with Gasteiger partial charge in [0.25, 0.3) is 0 Å². The maximum Gasteiger partial charge on any atom is 0.239 e. The number of hydrogen-bond donors (Lipinski definition) is 1. The van der Waals surface area contributed by atoms with Gasteiger partial charge < -0.3 is 5.11 Å². The van der Waals surface area contributed by atoms with E-state index >= 15 is 0 Å². The third-order valence-electron chi connectivity index (χ3n) is 7.44. The van der Waals surface area contributed by atoms with Crippen LogP contribution in [-0.2, 0) is 15.0 Å². The summed E-state index contributed by atoms with van der Waals surface area (Å²) in [6, 6.07) is 23.3. The van der Waals surface area contributed by atoms with Crippen LogP contribution < -0.4 is 4.90 Å². The van der Waals surface area contributed by atoms with E-state index in [1.54, 1.807) is 13.0 Å². The molecule has 1 fully saturated rings. The van der Waals surface area contributed by atoms with Gasteiger partial charge in [0, 0.05) is 10.4 Å². The van der Waals surface area contributed by atoms with Crippen molar-refractivity contribution in [3.63, 3.8) is 0 Å². The van der Waals surface area contributed by atoms with E-state index in [1.807, 2.05) is 66.7 Å². The normalized spacial score (nSPS) is 28.9. The van der Waals surface area contributed by atoms with Crippen LogP contribution in [0, 0.1) is 11.8 Å². The molecule has 4 nitrogen and oxygen atoms in total. The van der Waals surface area contributed by atoms with Crippen molar-refractivity contribution < 1.29 is 14.7 Å². The van der Waals surface area contributed by atoms with Crippen molar-refractivity contribution in [2.24, 2.45) is 11.8 Å². The fourth-order valence-corrected chi connectivity index (χ4v) is 6.87. The molecule has 0 radical (unpaired) electrons. The molecule has 5 heteroatoms. The van der Waals surface area contributed by atoms with Crippen LogP contribution in [0.25, 0.3) is 0 Å². The Labute approximate surface area is 188 Å². The monoisotopic (exact) mass is 473 g/mol. The first-order valence-corrected chi connectivity index (χ1v) is 11.3. The highest BCUT2D eigenvalue weighted by atomic mass is 79.9. The van der Waals surface area contributed by atoms with E-state index in [-0.39, 0.29) is 17.7 Å². The SMILES string of the molecule is CC(O)C12c3ccccc3C(c3ccccc31)C1C(=O)N(c3ccccc3Br)C(=O)C12. The number of carbonyl (C=O) groups excluding carboxylic acids is 2. The molecule has 4 aliphatic rings. The molecule has 2 amide bonds. The molecule has 1 aliphatic heterocycles. The Morgan fingerprint density at radius 3 is 2.00 bits per heavy atom. The average molecular weight is 474 g/mol. The fraction of sp³-hybridized carbons (Fsp3) is 0.231. The van der Waals surface area contributed by atoms with Crippen LogP contribution in [0.5, 0.6) is 0 Å². The van der Waals surface area contributed by atoms with Gasteiger partial charge in [0.1, 0.15) is 0 Å². The van der Waals surface area contributed by atoms with Crippen LogP contribution in [-0.4, -0.2) is 23.0 Å². The molecule has 3 atom stereocenters. The molecular formula is C26H20BrNO3. The van der Waals surface area contributed by atoms with Crippen molar-refractivity contribution >= 4 is 33.4 Å². The van der Waals surface area contributed by atoms with Gasteiger partial charge in [0.05, 0.1) is 29.0 Å². The van der Waals surface area contributed by atoms with Gasteiger partial charge in [-0.2, -0.15) is 0 Å². The largest absolute Gasteiger partial charge is 0.392 e. The maximum absolute atomic E-state index is 14.0. The molecule has 1 N–H and O–H groups in total. The molecular weight excluding hydrogens is 454 g/mol. The van der Waals surface area contributed by atoms with Crippen LogP contribution in [0.3, 0.4) is 0 Å². The minimum Gasteiger partial charge on any atom is -0.392 e. The number of amides is 2. The lowest BCUT2D eigenvalue weighted by Gasteiger charge is -2.55. The number of rotatable bonds is 2. The van der Waals surface area contributed by atoms with E-state index in [0.29, 0.717) is 10.2 Å². The van der Waals surface area contributed by atoms with Gasteiger partial charge in [-0.25, -0.2) is 4.90 Å². The topological polar surface area (TPSA) is 57.6 Å². The van der Waals surface area contributed by atoms with Crippen molar-refractivity contribution in [2.45, 2.75) is 24.4 Å². The molecule has 31 heavy (non-hydrogen) atoms. The Balaban J connectivity index is 1.68. The summed E-state index contributed by atoms with van der Waals surface area (Å²) in [5.74, 6) is -1.83. The Hall–Kier alpha value is -2.76. The lowest BCUT2D eigenvalue weighted by Crippen LogP contribution is -2.58. The number of hydrogen-bond acceptors (Lipinski definition) is 3. The van der Waals surface area contributed by atoms with Crippen LogP contribution in [0.2, 0.25) is 0 Å². The second-order valence-electron chi connectivity index (χ2n) is 8.66. The second kappa shape index (κ2) is 6.38. The molecule has 1 heterocycles. The summed E-state index contributed by atoms with van der Waals surface area (Å²) >= 11 is 3.51. The van der Waals surface area contributed by atoms with E-state index < -0.39 is 23.4 Å². The minimum absolute atomic E-state index is 0.194. The predicted octanol–water partition coefficient (Wildman–Crippen LogP) is 4.38. The zero-order valence-electron chi connectivity index (χ0n) is 16.8. The summed E-state index contributed by atoms with van der Waals surface area (Å²) in [5, 5.41) is 11.3. The van der Waals surface area contributed by atoms with Gasteiger partial charge in [-0.1, -0.05) is 60.7 Å². The van der Waals surface area contributed by atoms with E-state index in [1.165, 1.54) is 4.90 Å². The van der Waals surface area contributed by atoms with Crippen LogP contribution in [0.15, 0.2) is 77.3 Å². The number of imide groups is 1. The number of halogens is 1. The molecule has 3 aromatic rings. The number of aliphatic hydroxyl groups is 1. The lowest BCUT2D eigenvalue weighted by atomic mass is 9.46. The third kappa shape index (κ3) is 2.13. The number of para-hydroxylation sites is 1. The highest BCUT2D eigenvalue weighted by Gasteiger charge is 2.69. The van der Waals surface area contributed by atoms with Gasteiger partial charge in [0.15, 0.2) is 0 Å². The van der Waals surface area contributed by atoms with E-state index in [0.717, 1.165) is 22.3 Å². The van der Waals surface area contributed by atoms with Gasteiger partial charge in [-0.05, 0) is 57.2 Å². The fourth-order valence-electron chi connectivity index (χ4n) is 6.41. The average Bonchev–Trinajstić information content (AvgIpc) is 3.05. The standard InChI is InChI=1S/C26H20BrNO3/c1-14(29)26-17-10-4-2-8-15(17)21(16-9-3-5-11-18(16)26)22-23(26)25(31)28(24(22)30)20-13-7-6-12-19(20)27/h2-14,21-23,29H,1H3. The zero-order valence-corrected chi connectivity index (χ0v) is 18.4. The molecule has 1 saturated heterocycles. The smallest absolute Gasteiger partial charge is 0.239 e. The van der Waals surface area contributed by atoms with Gasteiger partial charge in [0.2, 0.25) is 11.8 Å². The molecule has 0 aromatic heterocycles. The Bertz CT molecular complexity index is 1220. The molecule has 7 rings (SSSR count). The predicted molar refractivity (Wildman–Crippen MR) is 121 cm³/mol. The van der Waals surface area contributed by atoms with Gasteiger partial charge >= 0.3 is 0 Å². The van der Waals surface area contributed by atoms with Crippen molar-refractivity contribution in [1.29, 1.82) is 0 Å². The summed E-state index contributed by atoms with van der Waals surface area (Å²) in [5.41, 5.74) is 3.60. The Morgan fingerprint density at radius 1 is 0.871 bits per heavy atom. The lowest BCUT2D eigenvalue weighted by molar-refractivity contribution is -0.126. The van der Waals surface area contributed by atoms with Crippen LogP contribution in [0.1, 0.15) is 35.1 Å². The number of nitrogens with zero attached hydrogens (tertiary/aromatic N) is 1. The zero-order chi connectivity index (χ0) is 21.5. The molecule has 3 unspecified atom stereocenters. The number of anilines is 1. The molecule has 0 saturated carbocycles. The summed E-state index contributed by atoms with van der Waals surface area (Å²) in [4.78, 5) is 29.2. The van der Waals surface area contributed by atoms with E-state index in [2.05, 4.69) is 15.9 Å². The molecule has 154 valence electrons. The van der Waals surface area contributed by atoms with Crippen LogP contribution in [0.4, 0.5) is 5.69 Å². The molecule has 2 bridgehead atoms. The first-order valence-electron chi connectivity index (χ1n) is 10.5. The Kier molecular flexibility index (Phi) is 3.90. The molecule has 3 aromatic carbocycles. The summed E-state index contributed by atoms with van der Waals surface area (Å²) in [6.45, 7) is 1.75. The van der Waals surface area contributed by atoms with Gasteiger partial charge in [-0.3, -0.25) is 9.59 Å². The second-order valence-corrected chi connectivity index (χ2v) is 9.52. The van der Waals surface area contributed by atoms with E-state index in [9.17, 15) is 14.7 Å². The Morgan fingerprint density at radius 2 is 1.42 bits per heavy atom. The van der Waals surface area contributed by atoms with Crippen molar-refractivity contribution in [2.75, 3.05) is 4.90 Å². The van der Waals surface area contributed by atoms with Crippen molar-refractivity contribution in [3.8, 4) is 0 Å². The highest BCUT2D eigenvalue weighted by Crippen LogP contribution is 2.65. The minimum atomic E-state index is -0.963. The first-order chi connectivity index (χ1) is 15.0. The highest BCUT2D eigenvalue weighted by molar-refractivity contribution is 9.10. The van der Waals surface area contributed by atoms with Crippen molar-refractivity contribution in [3.05, 3.63) is 99.5 Å². The van der Waals surface area contributed by atoms with Crippen LogP contribution >= 0.6 is 15.9 Å². The first kappa shape index (κ1) is 19.0. The third-order valence-corrected chi connectivity index (χ3v) is 8.11. The summed E-state index contributed by atoms with van der Waals surface area (Å²) < 4.78 is 0.698. The maximum atomic E-state index is 14.0. The molecule has 3 aliphatic carbocycles. The summed E-state index contributed by atoms with van der Waals surface area (Å²) in [7, 11) is 0. The number of carbonyl (C=O) groups is 2. The number of aliphatic hydroxyl groups excluding tert-OH is 1. The quantitative estimate of drug-likeness (QED) is 0.561. The summed E-state index contributed by atoms with van der Waals surface area (Å²) in [6.07, 6.45) is -0.848. The van der Waals surface area contributed by atoms with Gasteiger partial charge in [-0.15, -0.1) is 0 Å². The number of benzene rings is 3. The molecule has 0 spiro atoms. The van der Waals surface area contributed by atoms with E-state index in [4.69, 9.17) is 0 Å².